The molecule has 1 unspecified atom stereocenters. The highest BCUT2D eigenvalue weighted by Gasteiger charge is 2.35. The normalized spacial score (nSPS) is 16.9. The van der Waals surface area contributed by atoms with Crippen LogP contribution in [0.15, 0.2) is 40.2 Å². The highest BCUT2D eigenvalue weighted by Crippen LogP contribution is 2.28. The molecule has 1 saturated heterocycles. The summed E-state index contributed by atoms with van der Waals surface area (Å²) in [6, 6.07) is 10.3. The Hall–Kier alpha value is -1.51. The zero-order valence-electron chi connectivity index (χ0n) is 12.8. The third-order valence-electron chi connectivity index (χ3n) is 3.59. The number of carbonyl (C=O) groups is 2. The molecule has 1 aromatic heterocycles. The second-order valence-electron chi connectivity index (χ2n) is 5.11. The summed E-state index contributed by atoms with van der Waals surface area (Å²) in [5.41, 5.74) is 0.684. The van der Waals surface area contributed by atoms with Crippen LogP contribution in [0.1, 0.15) is 9.67 Å². The molecule has 1 aromatic carbocycles. The molecule has 2 heterocycles. The lowest BCUT2D eigenvalue weighted by Crippen LogP contribution is -2.44. The minimum Gasteiger partial charge on any atom is -0.497 e. The van der Waals surface area contributed by atoms with Crippen LogP contribution >= 0.6 is 39.0 Å². The van der Waals surface area contributed by atoms with Crippen molar-refractivity contribution in [2.24, 2.45) is 0 Å². The quantitative estimate of drug-likeness (QED) is 0.809. The predicted octanol–water partition coefficient (Wildman–Crippen LogP) is 3.67. The van der Waals surface area contributed by atoms with Gasteiger partial charge in [-0.15, -0.1) is 23.1 Å². The minimum atomic E-state index is -0.467. The number of nitrogens with one attached hydrogen (secondary N) is 1. The van der Waals surface area contributed by atoms with Gasteiger partial charge in [-0.05, 0) is 52.3 Å². The van der Waals surface area contributed by atoms with Gasteiger partial charge in [0.2, 0.25) is 5.91 Å². The maximum absolute atomic E-state index is 12.6. The molecule has 1 atom stereocenters. The summed E-state index contributed by atoms with van der Waals surface area (Å²) in [6.45, 7) is 0. The van der Waals surface area contributed by atoms with Crippen molar-refractivity contribution in [3.63, 3.8) is 0 Å². The molecule has 1 aliphatic heterocycles. The van der Waals surface area contributed by atoms with Gasteiger partial charge in [0.05, 0.1) is 21.7 Å². The molecule has 1 fully saturated rings. The second kappa shape index (κ2) is 7.58. The monoisotopic (exact) mass is 426 g/mol. The molecular weight excluding hydrogens is 412 g/mol. The average Bonchev–Trinajstić information content (AvgIpc) is 3.24. The third kappa shape index (κ3) is 3.76. The highest BCUT2D eigenvalue weighted by atomic mass is 79.9. The molecule has 0 saturated carbocycles. The van der Waals surface area contributed by atoms with Crippen LogP contribution in [0.3, 0.4) is 0 Å². The van der Waals surface area contributed by atoms with Crippen LogP contribution in [-0.2, 0) is 4.79 Å². The Bertz CT molecular complexity index is 748. The molecule has 24 heavy (non-hydrogen) atoms. The van der Waals surface area contributed by atoms with Crippen LogP contribution in [0, 0.1) is 0 Å². The van der Waals surface area contributed by atoms with E-state index in [9.17, 15) is 9.59 Å². The van der Waals surface area contributed by atoms with E-state index in [1.54, 1.807) is 54.1 Å². The maximum atomic E-state index is 12.6. The van der Waals surface area contributed by atoms with E-state index in [4.69, 9.17) is 4.74 Å². The predicted molar refractivity (Wildman–Crippen MR) is 101 cm³/mol. The van der Waals surface area contributed by atoms with Crippen LogP contribution < -0.4 is 10.1 Å². The van der Waals surface area contributed by atoms with E-state index < -0.39 is 6.04 Å². The number of ether oxygens (including phenoxy) is 1. The fourth-order valence-electron chi connectivity index (χ4n) is 2.33. The first-order chi connectivity index (χ1) is 11.6. The number of anilines is 1. The summed E-state index contributed by atoms with van der Waals surface area (Å²) in [7, 11) is 1.59. The molecule has 1 N–H and O–H groups in total. The first-order valence-electron chi connectivity index (χ1n) is 7.17. The van der Waals surface area contributed by atoms with Crippen molar-refractivity contribution in [1.29, 1.82) is 0 Å². The van der Waals surface area contributed by atoms with Gasteiger partial charge in [-0.25, -0.2) is 0 Å². The summed E-state index contributed by atoms with van der Waals surface area (Å²) in [6.07, 6.45) is 0. The molecule has 0 spiro atoms. The van der Waals surface area contributed by atoms with Gasteiger partial charge in [-0.3, -0.25) is 9.59 Å². The SMILES string of the molecule is COc1ccc(NC(=O)C2CSCN2C(=O)c2ccc(Br)s2)cc1. The number of hydrogen-bond donors (Lipinski definition) is 1. The van der Waals surface area contributed by atoms with E-state index in [1.807, 2.05) is 6.07 Å². The number of rotatable bonds is 4. The molecule has 2 amide bonds. The largest absolute Gasteiger partial charge is 0.497 e. The second-order valence-corrected chi connectivity index (χ2v) is 8.57. The molecule has 0 aliphatic carbocycles. The van der Waals surface area contributed by atoms with Gasteiger partial charge in [0.25, 0.3) is 5.91 Å². The van der Waals surface area contributed by atoms with Gasteiger partial charge in [0.1, 0.15) is 11.8 Å². The van der Waals surface area contributed by atoms with Crippen molar-refractivity contribution in [1.82, 2.24) is 4.90 Å². The number of thioether (sulfide) groups is 1. The number of carbonyl (C=O) groups excluding carboxylic acids is 2. The first-order valence-corrected chi connectivity index (χ1v) is 9.94. The molecule has 8 heteroatoms. The number of nitrogens with zero attached hydrogens (tertiary/aromatic N) is 1. The number of thiophene rings is 1. The van der Waals surface area contributed by atoms with Crippen molar-refractivity contribution in [3.05, 3.63) is 45.1 Å². The average molecular weight is 427 g/mol. The van der Waals surface area contributed by atoms with E-state index in [2.05, 4.69) is 21.2 Å². The highest BCUT2D eigenvalue weighted by molar-refractivity contribution is 9.11. The lowest BCUT2D eigenvalue weighted by Gasteiger charge is -2.22. The van der Waals surface area contributed by atoms with Crippen LogP contribution in [0.5, 0.6) is 5.75 Å². The van der Waals surface area contributed by atoms with E-state index in [1.165, 1.54) is 11.3 Å². The van der Waals surface area contributed by atoms with E-state index >= 15 is 0 Å². The Labute approximate surface area is 156 Å². The van der Waals surface area contributed by atoms with Crippen molar-refractivity contribution >= 4 is 56.5 Å². The molecule has 0 bridgehead atoms. The number of benzene rings is 1. The van der Waals surface area contributed by atoms with E-state index in [0.29, 0.717) is 22.2 Å². The molecule has 2 aromatic rings. The fourth-order valence-corrected chi connectivity index (χ4v) is 4.83. The third-order valence-corrected chi connectivity index (χ3v) is 6.21. The molecule has 1 aliphatic rings. The van der Waals surface area contributed by atoms with Gasteiger partial charge in [0, 0.05) is 11.4 Å². The van der Waals surface area contributed by atoms with E-state index in [0.717, 1.165) is 9.54 Å². The van der Waals surface area contributed by atoms with Crippen molar-refractivity contribution < 1.29 is 14.3 Å². The fraction of sp³-hybridized carbons (Fsp3) is 0.250. The van der Waals surface area contributed by atoms with E-state index in [-0.39, 0.29) is 11.8 Å². The van der Waals surface area contributed by atoms with Gasteiger partial charge >= 0.3 is 0 Å². The molecular formula is C16H15BrN2O3S2. The summed E-state index contributed by atoms with van der Waals surface area (Å²) < 4.78 is 6.00. The summed E-state index contributed by atoms with van der Waals surface area (Å²) in [4.78, 5) is 27.4. The van der Waals surface area contributed by atoms with Crippen molar-refractivity contribution in [2.45, 2.75) is 6.04 Å². The van der Waals surface area contributed by atoms with Gasteiger partial charge in [0.15, 0.2) is 0 Å². The minimum absolute atomic E-state index is 0.106. The van der Waals surface area contributed by atoms with Gasteiger partial charge in [-0.2, -0.15) is 0 Å². The van der Waals surface area contributed by atoms with Crippen LogP contribution in [0.25, 0.3) is 0 Å². The summed E-state index contributed by atoms with van der Waals surface area (Å²) in [5, 5.41) is 2.87. The lowest BCUT2D eigenvalue weighted by molar-refractivity contribution is -0.119. The Morgan fingerprint density at radius 3 is 2.62 bits per heavy atom. The first kappa shape index (κ1) is 17.3. The number of halogens is 1. The van der Waals surface area contributed by atoms with Gasteiger partial charge in [-0.1, -0.05) is 0 Å². The van der Waals surface area contributed by atoms with Crippen LogP contribution in [0.4, 0.5) is 5.69 Å². The lowest BCUT2D eigenvalue weighted by atomic mass is 10.2. The Morgan fingerprint density at radius 1 is 1.25 bits per heavy atom. The number of methoxy groups -OCH3 is 1. The van der Waals surface area contributed by atoms with Gasteiger partial charge < -0.3 is 15.0 Å². The molecule has 5 nitrogen and oxygen atoms in total. The Balaban J connectivity index is 1.69. The van der Waals surface area contributed by atoms with Crippen molar-refractivity contribution in [3.8, 4) is 5.75 Å². The number of amides is 2. The topological polar surface area (TPSA) is 58.6 Å². The summed E-state index contributed by atoms with van der Waals surface area (Å²) in [5.74, 6) is 1.57. The van der Waals surface area contributed by atoms with Crippen LogP contribution in [-0.4, -0.2) is 41.5 Å². The Morgan fingerprint density at radius 2 is 2.00 bits per heavy atom. The standard InChI is InChI=1S/C16H15BrN2O3S2/c1-22-11-4-2-10(3-5-11)18-15(20)12-8-23-9-19(12)16(21)13-6-7-14(17)24-13/h2-7,12H,8-9H2,1H3,(H,18,20). The van der Waals surface area contributed by atoms with Crippen molar-refractivity contribution in [2.75, 3.05) is 24.1 Å². The zero-order valence-corrected chi connectivity index (χ0v) is 16.0. The molecule has 126 valence electrons. The molecule has 3 rings (SSSR count). The smallest absolute Gasteiger partial charge is 0.265 e. The zero-order chi connectivity index (χ0) is 17.1. The van der Waals surface area contributed by atoms with Crippen LogP contribution in [0.2, 0.25) is 0 Å². The maximum Gasteiger partial charge on any atom is 0.265 e. The molecule has 0 radical (unpaired) electrons. The summed E-state index contributed by atoms with van der Waals surface area (Å²) >= 11 is 6.32. The Kier molecular flexibility index (Phi) is 5.47. The number of hydrogen-bond acceptors (Lipinski definition) is 5.